The van der Waals surface area contributed by atoms with Gasteiger partial charge in [0.15, 0.2) is 0 Å². The largest absolute Gasteiger partial charge is 0.390 e. The van der Waals surface area contributed by atoms with E-state index in [0.29, 0.717) is 6.61 Å². The fourth-order valence-corrected chi connectivity index (χ4v) is 10.9. The Balaban J connectivity index is 1.66. The van der Waals surface area contributed by atoms with Crippen LogP contribution in [0.3, 0.4) is 0 Å². The van der Waals surface area contributed by atoms with E-state index in [1.165, 1.54) is 7.11 Å². The van der Waals surface area contributed by atoms with Crippen LogP contribution in [-0.4, -0.2) is 122 Å². The van der Waals surface area contributed by atoms with Crippen LogP contribution in [0.15, 0.2) is 0 Å². The van der Waals surface area contributed by atoms with Gasteiger partial charge in [-0.25, -0.2) is 0 Å². The summed E-state index contributed by atoms with van der Waals surface area (Å²) < 4.78 is 23.9. The summed E-state index contributed by atoms with van der Waals surface area (Å²) in [5, 5.41) is 47.3. The van der Waals surface area contributed by atoms with Gasteiger partial charge in [0.25, 0.3) is 0 Å². The Kier molecular flexibility index (Phi) is 4.82. The second-order valence-corrected chi connectivity index (χ2v) is 11.9. The minimum Gasteiger partial charge on any atom is -0.390 e. The zero-order chi connectivity index (χ0) is 23.7. The number of hydrogen-bond acceptors (Lipinski definition) is 9. The third-order valence-electron chi connectivity index (χ3n) is 11.3. The molecule has 6 rings (SSSR count). The van der Waals surface area contributed by atoms with E-state index in [1.807, 2.05) is 0 Å². The van der Waals surface area contributed by atoms with Crippen LogP contribution in [0.2, 0.25) is 0 Å². The molecule has 0 aromatic heterocycles. The van der Waals surface area contributed by atoms with Crippen molar-refractivity contribution in [2.24, 2.45) is 34.5 Å². The average Bonchev–Trinajstić information content (AvgIpc) is 3.16. The van der Waals surface area contributed by atoms with Crippen molar-refractivity contribution in [1.29, 1.82) is 0 Å². The third-order valence-corrected chi connectivity index (χ3v) is 11.3. The standard InChI is InChI=1S/C24H39NO8/c1-25-9-21(10-30-2)7-6-12(31-3)23-11-8-22(28)18(26)13(11)24(29,19(27)20(22)33-5)14(17(23)25)15(32-4)16(21)23/h11-20,26-29H,6-10H2,1-5H3/t11-,12+,13-,14?,15+,16-,17?,18-,19+,20+,21+,22-,23?,24-/m1/s1. The Morgan fingerprint density at radius 2 is 1.70 bits per heavy atom. The SMILES string of the molecule is COC[C@@]12CC[C@H](OC)C34C(C([C@H](OC)[C@@H]31)[C@]1(O)[C@@H]3[C@H]4C[C@@](O)([C@@H]3O)[C@@H](OC)[C@@H]1O)N(C)C2. The average molecular weight is 470 g/mol. The van der Waals surface area contributed by atoms with Crippen molar-refractivity contribution in [2.45, 2.75) is 67.0 Å². The summed E-state index contributed by atoms with van der Waals surface area (Å²) >= 11 is 0. The van der Waals surface area contributed by atoms with Gasteiger partial charge >= 0.3 is 0 Å². The molecule has 5 saturated carbocycles. The third kappa shape index (κ3) is 2.15. The molecule has 1 saturated heterocycles. The van der Waals surface area contributed by atoms with E-state index in [9.17, 15) is 20.4 Å². The Bertz CT molecular complexity index is 830. The van der Waals surface area contributed by atoms with E-state index >= 15 is 0 Å². The van der Waals surface area contributed by atoms with Gasteiger partial charge in [-0.05, 0) is 32.2 Å². The highest BCUT2D eigenvalue weighted by Gasteiger charge is 2.89. The van der Waals surface area contributed by atoms with E-state index in [0.717, 1.165) is 19.4 Å². The molecule has 0 aromatic carbocycles. The minimum absolute atomic E-state index is 0.00206. The first kappa shape index (κ1) is 23.1. The zero-order valence-corrected chi connectivity index (χ0v) is 20.2. The molecular formula is C24H39NO8. The summed E-state index contributed by atoms with van der Waals surface area (Å²) in [5.41, 5.74) is -3.98. The predicted molar refractivity (Wildman–Crippen MR) is 115 cm³/mol. The Labute approximate surface area is 194 Å². The molecule has 0 aromatic rings. The summed E-state index contributed by atoms with van der Waals surface area (Å²) in [6.45, 7) is 1.36. The molecule has 1 aliphatic heterocycles. The lowest BCUT2D eigenvalue weighted by molar-refractivity contribution is -0.314. The Hall–Kier alpha value is -0.360. The van der Waals surface area contributed by atoms with Gasteiger partial charge in [-0.2, -0.15) is 0 Å². The molecule has 6 fully saturated rings. The van der Waals surface area contributed by atoms with Crippen molar-refractivity contribution < 1.29 is 39.4 Å². The molecule has 0 radical (unpaired) electrons. The van der Waals surface area contributed by atoms with Gasteiger partial charge < -0.3 is 44.3 Å². The van der Waals surface area contributed by atoms with Crippen molar-refractivity contribution in [3.8, 4) is 0 Å². The van der Waals surface area contributed by atoms with Crippen molar-refractivity contribution in [1.82, 2.24) is 4.90 Å². The quantitative estimate of drug-likeness (QED) is 0.396. The molecule has 188 valence electrons. The minimum atomic E-state index is -1.67. The summed E-state index contributed by atoms with van der Waals surface area (Å²) in [7, 11) is 8.66. The Morgan fingerprint density at radius 1 is 0.970 bits per heavy atom. The number of aliphatic hydroxyl groups is 4. The molecule has 3 unspecified atom stereocenters. The molecule has 9 heteroatoms. The van der Waals surface area contributed by atoms with Gasteiger partial charge in [-0.15, -0.1) is 0 Å². The summed E-state index contributed by atoms with van der Waals surface area (Å²) in [6.07, 6.45) is -2.14. The predicted octanol–water partition coefficient (Wildman–Crippen LogP) is -1.15. The fraction of sp³-hybridized carbons (Fsp3) is 1.00. The van der Waals surface area contributed by atoms with Crippen LogP contribution in [0.25, 0.3) is 0 Å². The number of ether oxygens (including phenoxy) is 4. The molecular weight excluding hydrogens is 430 g/mol. The second kappa shape index (κ2) is 6.89. The van der Waals surface area contributed by atoms with Crippen LogP contribution in [-0.2, 0) is 18.9 Å². The van der Waals surface area contributed by atoms with Crippen molar-refractivity contribution >= 4 is 0 Å². The van der Waals surface area contributed by atoms with Crippen LogP contribution in [0, 0.1) is 34.5 Å². The molecule has 7 bridgehead atoms. The number of likely N-dealkylation sites (tertiary alicyclic amines) is 1. The first-order valence-electron chi connectivity index (χ1n) is 12.2. The monoisotopic (exact) mass is 469 g/mol. The lowest BCUT2D eigenvalue weighted by atomic mass is 9.43. The number of fused-ring (bicyclic) bond motifs is 2. The molecule has 0 amide bonds. The van der Waals surface area contributed by atoms with Gasteiger partial charge in [0.05, 0.1) is 24.9 Å². The highest BCUT2D eigenvalue weighted by atomic mass is 16.5. The summed E-state index contributed by atoms with van der Waals surface area (Å²) in [4.78, 5) is 2.31. The normalized spacial score (nSPS) is 63.2. The van der Waals surface area contributed by atoms with Crippen molar-refractivity contribution in [3.05, 3.63) is 0 Å². The fourth-order valence-electron chi connectivity index (χ4n) is 10.9. The molecule has 1 heterocycles. The number of methoxy groups -OCH3 is 4. The maximum Gasteiger partial charge on any atom is 0.120 e. The number of piperidine rings is 1. The van der Waals surface area contributed by atoms with E-state index in [1.54, 1.807) is 21.3 Å². The summed E-state index contributed by atoms with van der Waals surface area (Å²) in [5.74, 6) is -1.44. The first-order chi connectivity index (χ1) is 15.6. The summed E-state index contributed by atoms with van der Waals surface area (Å²) in [6, 6.07) is -0.131. The number of rotatable bonds is 5. The molecule has 4 N–H and O–H groups in total. The maximum atomic E-state index is 12.5. The van der Waals surface area contributed by atoms with Gasteiger partial charge in [0, 0.05) is 69.6 Å². The number of hydrogen-bond donors (Lipinski definition) is 4. The Morgan fingerprint density at radius 3 is 2.30 bits per heavy atom. The number of nitrogens with zero attached hydrogens (tertiary/aromatic N) is 1. The van der Waals surface area contributed by atoms with E-state index in [-0.39, 0.29) is 41.9 Å². The van der Waals surface area contributed by atoms with Crippen LogP contribution in [0.1, 0.15) is 19.3 Å². The van der Waals surface area contributed by atoms with Gasteiger partial charge in [-0.3, -0.25) is 0 Å². The van der Waals surface area contributed by atoms with Gasteiger partial charge in [0.1, 0.15) is 23.4 Å². The molecule has 14 atom stereocenters. The van der Waals surface area contributed by atoms with E-state index < -0.39 is 46.8 Å². The van der Waals surface area contributed by atoms with Crippen LogP contribution < -0.4 is 0 Å². The van der Waals surface area contributed by atoms with Crippen LogP contribution in [0.5, 0.6) is 0 Å². The molecule has 6 aliphatic rings. The lowest BCUT2D eigenvalue weighted by Gasteiger charge is -2.69. The molecule has 33 heavy (non-hydrogen) atoms. The van der Waals surface area contributed by atoms with Crippen LogP contribution >= 0.6 is 0 Å². The first-order valence-corrected chi connectivity index (χ1v) is 12.2. The lowest BCUT2D eigenvalue weighted by Crippen LogP contribution is -2.79. The second-order valence-electron chi connectivity index (χ2n) is 11.9. The molecule has 1 spiro atoms. The van der Waals surface area contributed by atoms with Crippen molar-refractivity contribution in [3.63, 3.8) is 0 Å². The maximum absolute atomic E-state index is 12.5. The highest BCUT2D eigenvalue weighted by Crippen LogP contribution is 2.79. The zero-order valence-electron chi connectivity index (χ0n) is 20.2. The highest BCUT2D eigenvalue weighted by molar-refractivity contribution is 5.39. The molecule has 5 aliphatic carbocycles. The van der Waals surface area contributed by atoms with E-state index in [4.69, 9.17) is 18.9 Å². The number of aliphatic hydroxyl groups excluding tert-OH is 2. The smallest absolute Gasteiger partial charge is 0.120 e. The van der Waals surface area contributed by atoms with Crippen molar-refractivity contribution in [2.75, 3.05) is 48.6 Å². The van der Waals surface area contributed by atoms with Crippen LogP contribution in [0.4, 0.5) is 0 Å². The topological polar surface area (TPSA) is 121 Å². The van der Waals surface area contributed by atoms with Gasteiger partial charge in [0.2, 0.25) is 0 Å². The molecule has 9 nitrogen and oxygen atoms in total. The van der Waals surface area contributed by atoms with Gasteiger partial charge in [-0.1, -0.05) is 0 Å². The van der Waals surface area contributed by atoms with E-state index in [2.05, 4.69) is 11.9 Å².